The van der Waals surface area contributed by atoms with E-state index in [-0.39, 0.29) is 5.91 Å². The van der Waals surface area contributed by atoms with Crippen LogP contribution in [0.5, 0.6) is 0 Å². The number of hydrogen-bond donors (Lipinski definition) is 1. The van der Waals surface area contributed by atoms with Gasteiger partial charge in [0, 0.05) is 24.4 Å². The van der Waals surface area contributed by atoms with Gasteiger partial charge in [0.05, 0.1) is 11.0 Å². The van der Waals surface area contributed by atoms with Gasteiger partial charge in [-0.2, -0.15) is 0 Å². The monoisotopic (exact) mass is 479 g/mol. The topological polar surface area (TPSA) is 75.4 Å². The molecule has 0 saturated heterocycles. The molecule has 1 aromatic heterocycles. The molecule has 0 aliphatic carbocycles. The van der Waals surface area contributed by atoms with E-state index in [1.165, 1.54) is 5.56 Å². The average Bonchev–Trinajstić information content (AvgIpc) is 3.15. The fourth-order valence-corrected chi connectivity index (χ4v) is 5.75. The SMILES string of the molecule is CC(C)(C)C(C(=O)O)n1c(SCCCCC(=O)N2CCCc3ccccc32)nc2ccccc21. The number of nitrogens with zero attached hydrogens (tertiary/aromatic N) is 3. The Morgan fingerprint density at radius 1 is 1.09 bits per heavy atom. The molecule has 1 amide bonds. The number of imidazole rings is 1. The van der Waals surface area contributed by atoms with Crippen LogP contribution in [0, 0.1) is 5.41 Å². The van der Waals surface area contributed by atoms with Gasteiger partial charge in [-0.1, -0.05) is 62.9 Å². The number of thioether (sulfide) groups is 1. The van der Waals surface area contributed by atoms with Gasteiger partial charge in [0.2, 0.25) is 5.91 Å². The van der Waals surface area contributed by atoms with Gasteiger partial charge in [0.1, 0.15) is 6.04 Å². The lowest BCUT2D eigenvalue weighted by Crippen LogP contribution is -2.35. The second-order valence-electron chi connectivity index (χ2n) is 9.94. The summed E-state index contributed by atoms with van der Waals surface area (Å²) in [5.41, 5.74) is 3.49. The van der Waals surface area contributed by atoms with Crippen molar-refractivity contribution in [2.24, 2.45) is 5.41 Å². The van der Waals surface area contributed by atoms with Gasteiger partial charge < -0.3 is 14.6 Å². The molecule has 4 rings (SSSR count). The number of para-hydroxylation sites is 3. The zero-order chi connectivity index (χ0) is 24.3. The zero-order valence-corrected chi connectivity index (χ0v) is 21.0. The Balaban J connectivity index is 1.40. The van der Waals surface area contributed by atoms with E-state index < -0.39 is 17.4 Å². The summed E-state index contributed by atoms with van der Waals surface area (Å²) in [5, 5.41) is 10.8. The number of carboxylic acid groups (broad SMARTS) is 1. The van der Waals surface area contributed by atoms with Crippen LogP contribution in [0.1, 0.15) is 58.1 Å². The second kappa shape index (κ2) is 10.2. The quantitative estimate of drug-likeness (QED) is 0.319. The van der Waals surface area contributed by atoms with Crippen LogP contribution in [0.2, 0.25) is 0 Å². The summed E-state index contributed by atoms with van der Waals surface area (Å²) >= 11 is 1.57. The van der Waals surface area contributed by atoms with E-state index >= 15 is 0 Å². The normalized spacial score (nSPS) is 14.7. The Hall–Kier alpha value is -2.80. The van der Waals surface area contributed by atoms with Crippen LogP contribution in [-0.4, -0.2) is 38.8 Å². The smallest absolute Gasteiger partial charge is 0.327 e. The lowest BCUT2D eigenvalue weighted by Gasteiger charge is -2.30. The number of aryl methyl sites for hydroxylation is 1. The van der Waals surface area contributed by atoms with Crippen molar-refractivity contribution in [2.75, 3.05) is 17.2 Å². The predicted octanol–water partition coefficient (Wildman–Crippen LogP) is 5.95. The van der Waals surface area contributed by atoms with Crippen molar-refractivity contribution in [3.8, 4) is 0 Å². The first-order chi connectivity index (χ1) is 16.3. The van der Waals surface area contributed by atoms with Crippen molar-refractivity contribution in [3.05, 3.63) is 54.1 Å². The molecule has 3 aromatic rings. The Labute approximate surface area is 205 Å². The molecule has 34 heavy (non-hydrogen) atoms. The van der Waals surface area contributed by atoms with Crippen molar-refractivity contribution in [1.82, 2.24) is 9.55 Å². The third kappa shape index (κ3) is 5.14. The summed E-state index contributed by atoms with van der Waals surface area (Å²) in [6, 6.07) is 15.2. The number of carbonyl (C=O) groups is 2. The molecule has 0 saturated carbocycles. The summed E-state index contributed by atoms with van der Waals surface area (Å²) < 4.78 is 1.87. The van der Waals surface area contributed by atoms with Crippen molar-refractivity contribution in [2.45, 2.75) is 64.1 Å². The number of aromatic nitrogens is 2. The molecule has 1 aliphatic rings. The molecule has 1 unspecified atom stereocenters. The fourth-order valence-electron chi connectivity index (χ4n) is 4.71. The molecule has 1 N–H and O–H groups in total. The highest BCUT2D eigenvalue weighted by atomic mass is 32.2. The number of amides is 1. The highest BCUT2D eigenvalue weighted by Gasteiger charge is 2.35. The lowest BCUT2D eigenvalue weighted by atomic mass is 9.86. The lowest BCUT2D eigenvalue weighted by molar-refractivity contribution is -0.144. The van der Waals surface area contributed by atoms with Crippen LogP contribution in [-0.2, 0) is 16.0 Å². The number of rotatable bonds is 8. The van der Waals surface area contributed by atoms with Gasteiger partial charge in [-0.3, -0.25) is 4.79 Å². The van der Waals surface area contributed by atoms with Gasteiger partial charge in [0.15, 0.2) is 5.16 Å². The van der Waals surface area contributed by atoms with E-state index in [1.54, 1.807) is 11.8 Å². The van der Waals surface area contributed by atoms with E-state index in [0.717, 1.165) is 59.9 Å². The molecule has 2 aromatic carbocycles. The van der Waals surface area contributed by atoms with Gasteiger partial charge in [-0.15, -0.1) is 0 Å². The van der Waals surface area contributed by atoms with Gasteiger partial charge >= 0.3 is 5.97 Å². The molecule has 2 heterocycles. The summed E-state index contributed by atoms with van der Waals surface area (Å²) in [5.74, 6) is 0.108. The molecule has 0 fully saturated rings. The molecular weight excluding hydrogens is 446 g/mol. The minimum absolute atomic E-state index is 0.183. The third-order valence-electron chi connectivity index (χ3n) is 6.30. The number of carboxylic acids is 1. The van der Waals surface area contributed by atoms with Crippen LogP contribution >= 0.6 is 11.8 Å². The molecule has 0 radical (unpaired) electrons. The summed E-state index contributed by atoms with van der Waals surface area (Å²) in [6.07, 6.45) is 4.22. The standard InChI is InChI=1S/C27H33N3O3S/c1-27(2,3)24(25(32)33)30-22-15-7-5-13-20(22)28-26(30)34-18-9-8-16-23(31)29-17-10-12-19-11-4-6-14-21(19)29/h4-7,11,13-15,24H,8-10,12,16-18H2,1-3H3,(H,32,33). The Bertz CT molecular complexity index is 1180. The van der Waals surface area contributed by atoms with Crippen molar-refractivity contribution in [1.29, 1.82) is 0 Å². The number of benzene rings is 2. The second-order valence-corrected chi connectivity index (χ2v) is 11.0. The number of unbranched alkanes of at least 4 members (excludes halogenated alkanes) is 1. The Kier molecular flexibility index (Phi) is 7.31. The molecule has 180 valence electrons. The number of carbonyl (C=O) groups excluding carboxylic acids is 1. The molecule has 1 atom stereocenters. The van der Waals surface area contributed by atoms with Crippen molar-refractivity contribution >= 4 is 40.4 Å². The number of hydrogen-bond acceptors (Lipinski definition) is 4. The van der Waals surface area contributed by atoms with Gasteiger partial charge in [-0.05, 0) is 54.9 Å². The number of aliphatic carboxylic acids is 1. The van der Waals surface area contributed by atoms with E-state index in [0.29, 0.717) is 6.42 Å². The van der Waals surface area contributed by atoms with Gasteiger partial charge in [0.25, 0.3) is 0 Å². The fraction of sp³-hybridized carbons (Fsp3) is 0.444. The Morgan fingerprint density at radius 3 is 2.59 bits per heavy atom. The molecule has 1 aliphatic heterocycles. The van der Waals surface area contributed by atoms with Crippen LogP contribution < -0.4 is 4.90 Å². The molecular formula is C27H33N3O3S. The predicted molar refractivity (Wildman–Crippen MR) is 138 cm³/mol. The van der Waals surface area contributed by atoms with Crippen LogP contribution in [0.4, 0.5) is 5.69 Å². The van der Waals surface area contributed by atoms with E-state index in [4.69, 9.17) is 4.98 Å². The largest absolute Gasteiger partial charge is 0.480 e. The molecule has 0 spiro atoms. The summed E-state index contributed by atoms with van der Waals surface area (Å²) in [7, 11) is 0. The van der Waals surface area contributed by atoms with Crippen LogP contribution in [0.25, 0.3) is 11.0 Å². The highest BCUT2D eigenvalue weighted by molar-refractivity contribution is 7.99. The number of anilines is 1. The van der Waals surface area contributed by atoms with Crippen LogP contribution in [0.15, 0.2) is 53.7 Å². The molecule has 0 bridgehead atoms. The number of fused-ring (bicyclic) bond motifs is 2. The summed E-state index contributed by atoms with van der Waals surface area (Å²) in [6.45, 7) is 6.62. The highest BCUT2D eigenvalue weighted by Crippen LogP contribution is 2.37. The molecule has 6 nitrogen and oxygen atoms in total. The maximum Gasteiger partial charge on any atom is 0.327 e. The average molecular weight is 480 g/mol. The maximum atomic E-state index is 12.9. The third-order valence-corrected chi connectivity index (χ3v) is 7.34. The maximum absolute atomic E-state index is 12.9. The summed E-state index contributed by atoms with van der Waals surface area (Å²) in [4.78, 5) is 31.8. The molecule has 7 heteroatoms. The van der Waals surface area contributed by atoms with Crippen LogP contribution in [0.3, 0.4) is 0 Å². The van der Waals surface area contributed by atoms with Gasteiger partial charge in [-0.25, -0.2) is 9.78 Å². The first-order valence-corrected chi connectivity index (χ1v) is 13.0. The minimum Gasteiger partial charge on any atom is -0.480 e. The first kappa shape index (κ1) is 24.3. The van der Waals surface area contributed by atoms with E-state index in [9.17, 15) is 14.7 Å². The minimum atomic E-state index is -0.857. The van der Waals surface area contributed by atoms with Crippen molar-refractivity contribution in [3.63, 3.8) is 0 Å². The van der Waals surface area contributed by atoms with E-state index in [1.807, 2.05) is 72.7 Å². The van der Waals surface area contributed by atoms with E-state index in [2.05, 4.69) is 6.07 Å². The zero-order valence-electron chi connectivity index (χ0n) is 20.2. The first-order valence-electron chi connectivity index (χ1n) is 12.0. The Morgan fingerprint density at radius 2 is 1.82 bits per heavy atom. The van der Waals surface area contributed by atoms with Crippen molar-refractivity contribution < 1.29 is 14.7 Å².